The second-order valence-corrected chi connectivity index (χ2v) is 10.1. The van der Waals surface area contributed by atoms with Gasteiger partial charge in [0.05, 0.1) is 11.8 Å². The Morgan fingerprint density at radius 1 is 0.914 bits per heavy atom. The lowest BCUT2D eigenvalue weighted by molar-refractivity contribution is 0.433. The summed E-state index contributed by atoms with van der Waals surface area (Å²) in [5, 5.41) is 0. The monoisotopic (exact) mass is 473 g/mol. The van der Waals surface area contributed by atoms with Crippen molar-refractivity contribution in [1.82, 2.24) is 24.9 Å². The van der Waals surface area contributed by atoms with Gasteiger partial charge in [0.2, 0.25) is 5.56 Å². The zero-order chi connectivity index (χ0) is 25.4. The molecule has 5 rings (SSSR count). The van der Waals surface area contributed by atoms with Crippen molar-refractivity contribution in [3.63, 3.8) is 0 Å². The normalized spacial score (nSPS) is 14.8. The number of fused-ring (bicyclic) bond motifs is 2. The summed E-state index contributed by atoms with van der Waals surface area (Å²) in [7, 11) is 0. The summed E-state index contributed by atoms with van der Waals surface area (Å²) in [5.41, 5.74) is 7.30. The van der Waals surface area contributed by atoms with Gasteiger partial charge in [-0.25, -0.2) is 9.97 Å². The molecule has 0 radical (unpaired) electrons. The van der Waals surface area contributed by atoms with E-state index in [0.717, 1.165) is 23.0 Å². The van der Waals surface area contributed by atoms with E-state index in [1.54, 1.807) is 30.4 Å². The summed E-state index contributed by atoms with van der Waals surface area (Å²) in [6, 6.07) is 7.64. The predicted molar refractivity (Wildman–Crippen MR) is 144 cm³/mol. The van der Waals surface area contributed by atoms with Crippen LogP contribution in [-0.2, 0) is 6.42 Å². The van der Waals surface area contributed by atoms with Crippen molar-refractivity contribution in [3.8, 4) is 0 Å². The van der Waals surface area contributed by atoms with Crippen molar-refractivity contribution in [2.75, 3.05) is 0 Å². The number of aromatic nitrogens is 5. The van der Waals surface area contributed by atoms with Crippen LogP contribution < -0.4 is 5.56 Å². The fraction of sp³-hybridized carbons (Fsp3) is 0.448. The Hall–Kier alpha value is -3.28. The van der Waals surface area contributed by atoms with Gasteiger partial charge >= 0.3 is 0 Å². The van der Waals surface area contributed by atoms with Gasteiger partial charge in [-0.2, -0.15) is 0 Å². The van der Waals surface area contributed by atoms with E-state index in [1.165, 1.54) is 36.0 Å². The number of rotatable bonds is 3. The summed E-state index contributed by atoms with van der Waals surface area (Å²) in [6.45, 7) is 13.1. The van der Waals surface area contributed by atoms with Gasteiger partial charge in [0.1, 0.15) is 0 Å². The number of aryl methyl sites for hydroxylation is 1. The molecule has 4 aromatic rings. The highest BCUT2D eigenvalue weighted by molar-refractivity contribution is 5.74. The van der Waals surface area contributed by atoms with Crippen LogP contribution in [0.25, 0.3) is 11.2 Å². The second-order valence-electron chi connectivity index (χ2n) is 10.1. The molecule has 4 heterocycles. The van der Waals surface area contributed by atoms with E-state index in [-0.39, 0.29) is 5.56 Å². The van der Waals surface area contributed by atoms with Crippen molar-refractivity contribution in [2.24, 2.45) is 5.92 Å². The first kappa shape index (κ1) is 26.3. The highest BCUT2D eigenvalue weighted by Gasteiger charge is 2.22. The molecule has 186 valence electrons. The van der Waals surface area contributed by atoms with Crippen molar-refractivity contribution in [3.05, 3.63) is 88.0 Å². The van der Waals surface area contributed by atoms with Crippen molar-refractivity contribution in [1.29, 1.82) is 0 Å². The van der Waals surface area contributed by atoms with E-state index in [0.29, 0.717) is 11.8 Å². The van der Waals surface area contributed by atoms with E-state index in [4.69, 9.17) is 0 Å². The molecule has 0 bridgehead atoms. The molecule has 1 atom stereocenters. The summed E-state index contributed by atoms with van der Waals surface area (Å²) in [4.78, 5) is 28.7. The van der Waals surface area contributed by atoms with E-state index >= 15 is 0 Å². The topological polar surface area (TPSA) is 87.3 Å². The molecule has 6 nitrogen and oxygen atoms in total. The van der Waals surface area contributed by atoms with Gasteiger partial charge in [0, 0.05) is 30.9 Å². The number of pyridine rings is 3. The number of aromatic amines is 2. The van der Waals surface area contributed by atoms with Gasteiger partial charge < -0.3 is 9.97 Å². The second kappa shape index (κ2) is 12.4. The molecule has 1 aliphatic carbocycles. The Bertz CT molecular complexity index is 1230. The van der Waals surface area contributed by atoms with Gasteiger partial charge in [-0.3, -0.25) is 9.78 Å². The average Bonchev–Trinajstić information content (AvgIpc) is 3.34. The molecule has 4 aromatic heterocycles. The maximum absolute atomic E-state index is 10.6. The first-order valence-corrected chi connectivity index (χ1v) is 12.7. The zero-order valence-corrected chi connectivity index (χ0v) is 21.9. The SMILES string of the molecule is CC(C)C1CCCc2cnccc21.CC(C)c1ccc(=O)[nH]c1.CC(C)c1ccnc2nc[nH]c12. The number of H-pyrrole nitrogens is 2. The third kappa shape index (κ3) is 7.10. The van der Waals surface area contributed by atoms with Crippen molar-refractivity contribution in [2.45, 2.75) is 78.6 Å². The van der Waals surface area contributed by atoms with Crippen LogP contribution in [0.1, 0.15) is 94.4 Å². The quantitative estimate of drug-likeness (QED) is 0.345. The Labute approximate surface area is 208 Å². The third-order valence-electron chi connectivity index (χ3n) is 6.56. The Kier molecular flexibility index (Phi) is 9.35. The van der Waals surface area contributed by atoms with Crippen LogP contribution in [0.5, 0.6) is 0 Å². The molecule has 0 saturated heterocycles. The number of nitrogens with zero attached hydrogens (tertiary/aromatic N) is 3. The first-order valence-electron chi connectivity index (χ1n) is 12.7. The molecule has 0 aliphatic heterocycles. The minimum absolute atomic E-state index is 0.0376. The lowest BCUT2D eigenvalue weighted by atomic mass is 9.78. The summed E-state index contributed by atoms with van der Waals surface area (Å²) in [5.74, 6) is 2.53. The van der Waals surface area contributed by atoms with Crippen LogP contribution in [0.2, 0.25) is 0 Å². The van der Waals surface area contributed by atoms with Crippen LogP contribution in [0.15, 0.2) is 60.2 Å². The van der Waals surface area contributed by atoms with Gasteiger partial charge in [0.15, 0.2) is 5.65 Å². The number of imidazole rings is 1. The van der Waals surface area contributed by atoms with Crippen LogP contribution >= 0.6 is 0 Å². The standard InChI is InChI=1S/C12H17N.C9H11N3.C8H11NO/c1-9(2)11-5-3-4-10-8-13-7-6-12(10)11;1-6(2)7-3-4-10-9-8(7)11-5-12-9;1-6(2)7-3-4-8(10)9-5-7/h6-9,11H,3-5H2,1-2H3;3-6H,1-2H3,(H,10,11,12);3-6H,1-2H3,(H,9,10). The largest absolute Gasteiger partial charge is 0.343 e. The van der Waals surface area contributed by atoms with Gasteiger partial charge in [-0.15, -0.1) is 0 Å². The van der Waals surface area contributed by atoms with Gasteiger partial charge in [-0.05, 0) is 77.3 Å². The predicted octanol–water partition coefficient (Wildman–Crippen LogP) is 6.74. The van der Waals surface area contributed by atoms with Gasteiger partial charge in [-0.1, -0.05) is 47.6 Å². The zero-order valence-electron chi connectivity index (χ0n) is 21.9. The first-order chi connectivity index (χ1) is 16.8. The molecule has 0 fully saturated rings. The molecule has 6 heteroatoms. The maximum atomic E-state index is 10.6. The van der Waals surface area contributed by atoms with Crippen LogP contribution in [-0.4, -0.2) is 24.9 Å². The fourth-order valence-corrected chi connectivity index (χ4v) is 4.50. The van der Waals surface area contributed by atoms with E-state index < -0.39 is 0 Å². The van der Waals surface area contributed by atoms with Crippen molar-refractivity contribution >= 4 is 11.2 Å². The van der Waals surface area contributed by atoms with E-state index in [9.17, 15) is 4.79 Å². The smallest absolute Gasteiger partial charge is 0.247 e. The lowest BCUT2D eigenvalue weighted by Gasteiger charge is -2.27. The lowest BCUT2D eigenvalue weighted by Crippen LogP contribution is -2.14. The Morgan fingerprint density at radius 3 is 2.37 bits per heavy atom. The highest BCUT2D eigenvalue weighted by atomic mass is 16.1. The summed E-state index contributed by atoms with van der Waals surface area (Å²) in [6.07, 6.45) is 13.1. The molecule has 2 N–H and O–H groups in total. The molecule has 0 saturated carbocycles. The Balaban J connectivity index is 0.000000148. The maximum Gasteiger partial charge on any atom is 0.247 e. The minimum Gasteiger partial charge on any atom is -0.343 e. The van der Waals surface area contributed by atoms with Crippen molar-refractivity contribution < 1.29 is 0 Å². The molecular formula is C29H39N5O. The average molecular weight is 474 g/mol. The summed E-state index contributed by atoms with van der Waals surface area (Å²) >= 11 is 0. The molecular weight excluding hydrogens is 434 g/mol. The fourth-order valence-electron chi connectivity index (χ4n) is 4.50. The van der Waals surface area contributed by atoms with E-state index in [1.807, 2.05) is 24.5 Å². The number of hydrogen-bond donors (Lipinski definition) is 2. The minimum atomic E-state index is -0.0376. The molecule has 0 amide bonds. The van der Waals surface area contributed by atoms with Crippen LogP contribution in [0.3, 0.4) is 0 Å². The Morgan fingerprint density at radius 2 is 1.71 bits per heavy atom. The molecule has 1 aliphatic rings. The van der Waals surface area contributed by atoms with E-state index in [2.05, 4.69) is 72.5 Å². The number of nitrogens with one attached hydrogen (secondary N) is 2. The third-order valence-corrected chi connectivity index (χ3v) is 6.56. The molecule has 0 aromatic carbocycles. The van der Waals surface area contributed by atoms with Crippen LogP contribution in [0, 0.1) is 5.92 Å². The highest BCUT2D eigenvalue weighted by Crippen LogP contribution is 2.35. The number of hydrogen-bond acceptors (Lipinski definition) is 4. The molecule has 0 spiro atoms. The summed E-state index contributed by atoms with van der Waals surface area (Å²) < 4.78 is 0. The molecule has 1 unspecified atom stereocenters. The van der Waals surface area contributed by atoms with Crippen LogP contribution in [0.4, 0.5) is 0 Å². The molecule has 35 heavy (non-hydrogen) atoms. The van der Waals surface area contributed by atoms with Gasteiger partial charge in [0.25, 0.3) is 0 Å².